The molecule has 0 aliphatic heterocycles. The molecule has 1 aromatic heterocycles. The second-order valence-electron chi connectivity index (χ2n) is 4.75. The minimum atomic E-state index is 0.574. The van der Waals surface area contributed by atoms with Crippen molar-refractivity contribution in [2.24, 2.45) is 0 Å². The van der Waals surface area contributed by atoms with Gasteiger partial charge in [0.1, 0.15) is 5.82 Å². The smallest absolute Gasteiger partial charge is 0.108 e. The van der Waals surface area contributed by atoms with Gasteiger partial charge in [-0.1, -0.05) is 13.8 Å². The average Bonchev–Trinajstić information content (AvgIpc) is 3.01. The van der Waals surface area contributed by atoms with Crippen LogP contribution in [0.15, 0.2) is 12.4 Å². The van der Waals surface area contributed by atoms with Crippen LogP contribution in [0.4, 0.5) is 0 Å². The summed E-state index contributed by atoms with van der Waals surface area (Å²) in [5.41, 5.74) is 0. The molecule has 0 amide bonds. The third-order valence-electron chi connectivity index (χ3n) is 3.31. The van der Waals surface area contributed by atoms with Gasteiger partial charge in [-0.25, -0.2) is 4.98 Å². The van der Waals surface area contributed by atoms with Crippen molar-refractivity contribution in [1.82, 2.24) is 14.9 Å². The highest BCUT2D eigenvalue weighted by atomic mass is 15.1. The maximum absolute atomic E-state index is 4.45. The van der Waals surface area contributed by atoms with Crippen molar-refractivity contribution in [2.75, 3.05) is 6.54 Å². The number of rotatable bonds is 7. The Labute approximate surface area is 98.3 Å². The van der Waals surface area contributed by atoms with Gasteiger partial charge in [-0.3, -0.25) is 0 Å². The number of hydrogen-bond acceptors (Lipinski definition) is 2. The normalized spacial score (nSPS) is 17.6. The molecule has 3 heteroatoms. The quantitative estimate of drug-likeness (QED) is 0.767. The first kappa shape index (κ1) is 11.6. The Morgan fingerprint density at radius 1 is 1.50 bits per heavy atom. The fourth-order valence-corrected chi connectivity index (χ4v) is 2.12. The summed E-state index contributed by atoms with van der Waals surface area (Å²) in [6, 6.07) is 1.37. The fraction of sp³-hybridized carbons (Fsp3) is 0.769. The molecule has 1 aromatic rings. The number of nitrogens with zero attached hydrogens (tertiary/aromatic N) is 2. The summed E-state index contributed by atoms with van der Waals surface area (Å²) < 4.78 is 2.36. The molecule has 0 radical (unpaired) electrons. The largest absolute Gasteiger partial charge is 0.331 e. The standard InChI is InChI=1S/C13H23N3/c1-3-5-13-14-8-9-16(13)12(4-2)10-15-11-6-7-11/h8-9,11-12,15H,3-7,10H2,1-2H3. The number of imidazole rings is 1. The Hall–Kier alpha value is -0.830. The Bertz CT molecular complexity index is 315. The van der Waals surface area contributed by atoms with Crippen LogP contribution in [0.3, 0.4) is 0 Å². The zero-order chi connectivity index (χ0) is 11.4. The van der Waals surface area contributed by atoms with Gasteiger partial charge in [0.15, 0.2) is 0 Å². The molecule has 3 nitrogen and oxygen atoms in total. The molecule has 1 fully saturated rings. The molecule has 16 heavy (non-hydrogen) atoms. The van der Waals surface area contributed by atoms with E-state index in [2.05, 4.69) is 34.9 Å². The molecule has 0 spiro atoms. The molecular formula is C13H23N3. The van der Waals surface area contributed by atoms with Gasteiger partial charge >= 0.3 is 0 Å². The third kappa shape index (κ3) is 2.85. The number of hydrogen-bond donors (Lipinski definition) is 1. The summed E-state index contributed by atoms with van der Waals surface area (Å²) in [4.78, 5) is 4.45. The Balaban J connectivity index is 1.96. The van der Waals surface area contributed by atoms with E-state index in [4.69, 9.17) is 0 Å². The lowest BCUT2D eigenvalue weighted by Gasteiger charge is -2.19. The molecule has 0 bridgehead atoms. The SMILES string of the molecule is CCCc1nccn1C(CC)CNC1CC1. The highest BCUT2D eigenvalue weighted by Crippen LogP contribution is 2.21. The third-order valence-corrected chi connectivity index (χ3v) is 3.31. The van der Waals surface area contributed by atoms with Crippen molar-refractivity contribution in [3.05, 3.63) is 18.2 Å². The van der Waals surface area contributed by atoms with Crippen molar-refractivity contribution >= 4 is 0 Å². The van der Waals surface area contributed by atoms with Gasteiger partial charge in [0, 0.05) is 37.4 Å². The van der Waals surface area contributed by atoms with E-state index < -0.39 is 0 Å². The highest BCUT2D eigenvalue weighted by molar-refractivity contribution is 4.96. The van der Waals surface area contributed by atoms with E-state index in [0.29, 0.717) is 6.04 Å². The van der Waals surface area contributed by atoms with Crippen molar-refractivity contribution in [1.29, 1.82) is 0 Å². The predicted octanol–water partition coefficient (Wildman–Crippen LogP) is 2.54. The van der Waals surface area contributed by atoms with Crippen molar-refractivity contribution < 1.29 is 0 Å². The molecule has 0 aromatic carbocycles. The first-order chi connectivity index (χ1) is 7.85. The van der Waals surface area contributed by atoms with E-state index in [1.54, 1.807) is 0 Å². The summed E-state index contributed by atoms with van der Waals surface area (Å²) in [5, 5.41) is 3.62. The van der Waals surface area contributed by atoms with Crippen LogP contribution in [-0.4, -0.2) is 22.1 Å². The second kappa shape index (κ2) is 5.48. The molecule has 1 saturated carbocycles. The minimum absolute atomic E-state index is 0.574. The number of aryl methyl sites for hydroxylation is 1. The van der Waals surface area contributed by atoms with Crippen molar-refractivity contribution in [2.45, 2.75) is 58.0 Å². The molecule has 2 rings (SSSR count). The van der Waals surface area contributed by atoms with Gasteiger partial charge in [0.2, 0.25) is 0 Å². The molecule has 0 saturated heterocycles. The topological polar surface area (TPSA) is 29.9 Å². The van der Waals surface area contributed by atoms with Gasteiger partial charge < -0.3 is 9.88 Å². The summed E-state index contributed by atoms with van der Waals surface area (Å²) in [5.74, 6) is 1.24. The molecule has 1 heterocycles. The molecule has 1 atom stereocenters. The van der Waals surface area contributed by atoms with Crippen LogP contribution >= 0.6 is 0 Å². The van der Waals surface area contributed by atoms with Gasteiger partial charge in [0.05, 0.1) is 0 Å². The Morgan fingerprint density at radius 3 is 2.94 bits per heavy atom. The van der Waals surface area contributed by atoms with Crippen LogP contribution in [0.1, 0.15) is 51.4 Å². The molecule has 1 aliphatic carbocycles. The molecule has 1 aliphatic rings. The van der Waals surface area contributed by atoms with E-state index in [0.717, 1.165) is 19.0 Å². The summed E-state index contributed by atoms with van der Waals surface area (Å²) in [6.07, 6.45) is 10.2. The Kier molecular flexibility index (Phi) is 3.99. The van der Waals surface area contributed by atoms with Gasteiger partial charge in [-0.15, -0.1) is 0 Å². The highest BCUT2D eigenvalue weighted by Gasteiger charge is 2.22. The monoisotopic (exact) mass is 221 g/mol. The van der Waals surface area contributed by atoms with Crippen LogP contribution < -0.4 is 5.32 Å². The van der Waals surface area contributed by atoms with E-state index in [1.165, 1.54) is 31.5 Å². The van der Waals surface area contributed by atoms with Crippen molar-refractivity contribution in [3.63, 3.8) is 0 Å². The van der Waals surface area contributed by atoms with Crippen LogP contribution in [0.2, 0.25) is 0 Å². The summed E-state index contributed by atoms with van der Waals surface area (Å²) in [7, 11) is 0. The molecular weight excluding hydrogens is 198 g/mol. The molecule has 90 valence electrons. The van der Waals surface area contributed by atoms with Crippen LogP contribution in [0.5, 0.6) is 0 Å². The summed E-state index contributed by atoms with van der Waals surface area (Å²) in [6.45, 7) is 5.56. The zero-order valence-corrected chi connectivity index (χ0v) is 10.4. The predicted molar refractivity (Wildman–Crippen MR) is 66.6 cm³/mol. The molecule has 1 N–H and O–H groups in total. The zero-order valence-electron chi connectivity index (χ0n) is 10.4. The number of aromatic nitrogens is 2. The lowest BCUT2D eigenvalue weighted by atomic mass is 10.2. The first-order valence-corrected chi connectivity index (χ1v) is 6.60. The van der Waals surface area contributed by atoms with E-state index in [-0.39, 0.29) is 0 Å². The van der Waals surface area contributed by atoms with E-state index >= 15 is 0 Å². The van der Waals surface area contributed by atoms with Crippen molar-refractivity contribution in [3.8, 4) is 0 Å². The van der Waals surface area contributed by atoms with Crippen LogP contribution in [0, 0.1) is 0 Å². The fourth-order valence-electron chi connectivity index (χ4n) is 2.12. The van der Waals surface area contributed by atoms with E-state index in [1.807, 2.05) is 6.20 Å². The lowest BCUT2D eigenvalue weighted by Crippen LogP contribution is -2.27. The minimum Gasteiger partial charge on any atom is -0.331 e. The van der Waals surface area contributed by atoms with Gasteiger partial charge in [0.25, 0.3) is 0 Å². The van der Waals surface area contributed by atoms with Crippen LogP contribution in [0.25, 0.3) is 0 Å². The first-order valence-electron chi connectivity index (χ1n) is 6.60. The summed E-state index contributed by atoms with van der Waals surface area (Å²) >= 11 is 0. The Morgan fingerprint density at radius 2 is 2.31 bits per heavy atom. The van der Waals surface area contributed by atoms with Crippen LogP contribution in [-0.2, 0) is 6.42 Å². The van der Waals surface area contributed by atoms with E-state index in [9.17, 15) is 0 Å². The average molecular weight is 221 g/mol. The van der Waals surface area contributed by atoms with Gasteiger partial charge in [-0.05, 0) is 25.7 Å². The lowest BCUT2D eigenvalue weighted by molar-refractivity contribution is 0.432. The maximum atomic E-state index is 4.45. The maximum Gasteiger partial charge on any atom is 0.108 e. The number of nitrogens with one attached hydrogen (secondary N) is 1. The van der Waals surface area contributed by atoms with Gasteiger partial charge in [-0.2, -0.15) is 0 Å². The second-order valence-corrected chi connectivity index (χ2v) is 4.75. The molecule has 1 unspecified atom stereocenters.